The summed E-state index contributed by atoms with van der Waals surface area (Å²) in [5, 5.41) is 4.40. The highest BCUT2D eigenvalue weighted by molar-refractivity contribution is 6.31. The van der Waals surface area contributed by atoms with E-state index in [2.05, 4.69) is 5.32 Å². The van der Waals surface area contributed by atoms with Crippen LogP contribution in [0.25, 0.3) is 0 Å². The minimum atomic E-state index is -0.649. The van der Waals surface area contributed by atoms with Crippen LogP contribution in [0, 0.1) is 0 Å². The van der Waals surface area contributed by atoms with Gasteiger partial charge in [0.05, 0.1) is 6.42 Å². The van der Waals surface area contributed by atoms with E-state index in [-0.39, 0.29) is 24.3 Å². The molecule has 35 heavy (non-hydrogen) atoms. The van der Waals surface area contributed by atoms with E-state index in [1.54, 1.807) is 23.1 Å². The van der Waals surface area contributed by atoms with Gasteiger partial charge in [0.2, 0.25) is 11.8 Å². The van der Waals surface area contributed by atoms with Crippen LogP contribution in [-0.4, -0.2) is 28.8 Å². The molecule has 1 aliphatic rings. The first-order valence-corrected chi connectivity index (χ1v) is 12.9. The molecule has 0 heterocycles. The Labute approximate surface area is 217 Å². The molecule has 0 bridgehead atoms. The lowest BCUT2D eigenvalue weighted by molar-refractivity contribution is -0.141. The molecule has 1 fully saturated rings. The Balaban J connectivity index is 1.66. The van der Waals surface area contributed by atoms with Gasteiger partial charge in [-0.05, 0) is 47.7 Å². The van der Waals surface area contributed by atoms with E-state index in [1.807, 2.05) is 60.7 Å². The molecule has 4 rings (SSSR count). The maximum atomic E-state index is 13.8. The fourth-order valence-corrected chi connectivity index (χ4v) is 4.94. The van der Waals surface area contributed by atoms with Crippen molar-refractivity contribution in [1.82, 2.24) is 10.2 Å². The largest absolute Gasteiger partial charge is 0.352 e. The second-order valence-electron chi connectivity index (χ2n) is 9.11. The Hall–Kier alpha value is -2.82. The Kier molecular flexibility index (Phi) is 8.84. The van der Waals surface area contributed by atoms with Gasteiger partial charge in [-0.3, -0.25) is 9.59 Å². The number of halogens is 2. The molecule has 1 saturated carbocycles. The van der Waals surface area contributed by atoms with Gasteiger partial charge < -0.3 is 10.2 Å². The summed E-state index contributed by atoms with van der Waals surface area (Å²) in [6, 6.07) is 24.1. The van der Waals surface area contributed by atoms with Crippen molar-refractivity contribution in [3.05, 3.63) is 106 Å². The van der Waals surface area contributed by atoms with Gasteiger partial charge in [-0.1, -0.05) is 96.7 Å². The summed E-state index contributed by atoms with van der Waals surface area (Å²) in [6.07, 6.45) is 4.75. The van der Waals surface area contributed by atoms with E-state index in [0.717, 1.165) is 42.4 Å². The first-order chi connectivity index (χ1) is 17.0. The van der Waals surface area contributed by atoms with Crippen LogP contribution < -0.4 is 5.32 Å². The minimum absolute atomic E-state index is 0.109. The number of amides is 2. The first-order valence-electron chi connectivity index (χ1n) is 12.1. The highest BCUT2D eigenvalue weighted by atomic mass is 35.5. The quantitative estimate of drug-likeness (QED) is 0.372. The molecule has 0 radical (unpaired) electrons. The molecule has 6 heteroatoms. The fourth-order valence-electron chi connectivity index (χ4n) is 4.61. The second kappa shape index (κ2) is 12.2. The van der Waals surface area contributed by atoms with Crippen molar-refractivity contribution in [3.63, 3.8) is 0 Å². The third-order valence-electron chi connectivity index (χ3n) is 6.54. The van der Waals surface area contributed by atoms with Gasteiger partial charge >= 0.3 is 0 Å². The zero-order chi connectivity index (χ0) is 24.6. The SMILES string of the molecule is O=C(NC1CCCC1)[C@@H](Cc1ccccc1)N(Cc1ccc(Cl)cc1)C(=O)Cc1ccccc1Cl. The lowest BCUT2D eigenvalue weighted by atomic mass is 10.0. The molecule has 3 aromatic carbocycles. The highest BCUT2D eigenvalue weighted by Crippen LogP contribution is 2.22. The number of hydrogen-bond donors (Lipinski definition) is 1. The standard InChI is InChI=1S/C29H30Cl2N2O2/c30-24-16-14-22(15-17-24)20-33(28(34)19-23-10-4-7-13-26(23)31)27(18-21-8-2-1-3-9-21)29(35)32-25-11-5-6-12-25/h1-4,7-10,13-17,25,27H,5-6,11-12,18-20H2,(H,32,35)/t27-/m1/s1. The van der Waals surface area contributed by atoms with Crippen LogP contribution in [0.2, 0.25) is 10.0 Å². The van der Waals surface area contributed by atoms with E-state index in [0.29, 0.717) is 23.0 Å². The number of benzene rings is 3. The number of nitrogens with one attached hydrogen (secondary N) is 1. The van der Waals surface area contributed by atoms with Gasteiger partial charge in [0.15, 0.2) is 0 Å². The molecule has 182 valence electrons. The molecule has 1 N–H and O–H groups in total. The number of nitrogens with zero attached hydrogens (tertiary/aromatic N) is 1. The topological polar surface area (TPSA) is 49.4 Å². The van der Waals surface area contributed by atoms with Crippen molar-refractivity contribution in [1.29, 1.82) is 0 Å². The number of carbonyl (C=O) groups is 2. The normalized spacial score (nSPS) is 14.5. The van der Waals surface area contributed by atoms with Crippen LogP contribution in [0.1, 0.15) is 42.4 Å². The summed E-state index contributed by atoms with van der Waals surface area (Å²) in [6.45, 7) is 0.302. The fraction of sp³-hybridized carbons (Fsp3) is 0.310. The minimum Gasteiger partial charge on any atom is -0.352 e. The van der Waals surface area contributed by atoms with Crippen molar-refractivity contribution in [2.24, 2.45) is 0 Å². The van der Waals surface area contributed by atoms with Crippen molar-refractivity contribution >= 4 is 35.0 Å². The van der Waals surface area contributed by atoms with Gasteiger partial charge in [0, 0.05) is 29.1 Å². The Morgan fingerprint density at radius 1 is 0.857 bits per heavy atom. The number of hydrogen-bond acceptors (Lipinski definition) is 2. The van der Waals surface area contributed by atoms with Crippen molar-refractivity contribution in [3.8, 4) is 0 Å². The molecule has 1 atom stereocenters. The second-order valence-corrected chi connectivity index (χ2v) is 9.96. The predicted octanol–water partition coefficient (Wildman–Crippen LogP) is 6.23. The Morgan fingerprint density at radius 3 is 2.20 bits per heavy atom. The lowest BCUT2D eigenvalue weighted by Gasteiger charge is -2.32. The van der Waals surface area contributed by atoms with Gasteiger partial charge in [-0.15, -0.1) is 0 Å². The molecule has 3 aromatic rings. The molecule has 4 nitrogen and oxygen atoms in total. The average Bonchev–Trinajstić information content (AvgIpc) is 3.37. The van der Waals surface area contributed by atoms with E-state index < -0.39 is 6.04 Å². The zero-order valence-corrected chi connectivity index (χ0v) is 21.1. The van der Waals surface area contributed by atoms with Crippen LogP contribution in [0.3, 0.4) is 0 Å². The van der Waals surface area contributed by atoms with Crippen LogP contribution in [0.4, 0.5) is 0 Å². The van der Waals surface area contributed by atoms with Gasteiger partial charge in [0.25, 0.3) is 0 Å². The van der Waals surface area contributed by atoms with Crippen molar-refractivity contribution < 1.29 is 9.59 Å². The lowest BCUT2D eigenvalue weighted by Crippen LogP contribution is -2.52. The summed E-state index contributed by atoms with van der Waals surface area (Å²) < 4.78 is 0. The van der Waals surface area contributed by atoms with E-state index >= 15 is 0 Å². The van der Waals surface area contributed by atoms with Crippen LogP contribution in [-0.2, 0) is 29.0 Å². The maximum Gasteiger partial charge on any atom is 0.243 e. The molecule has 0 spiro atoms. The number of rotatable bonds is 9. The molecule has 1 aliphatic carbocycles. The summed E-state index contributed by atoms with van der Waals surface area (Å²) in [5.41, 5.74) is 2.66. The summed E-state index contributed by atoms with van der Waals surface area (Å²) in [5.74, 6) is -0.252. The summed E-state index contributed by atoms with van der Waals surface area (Å²) in [4.78, 5) is 29.1. The Morgan fingerprint density at radius 2 is 1.51 bits per heavy atom. The van der Waals surface area contributed by atoms with Crippen LogP contribution in [0.5, 0.6) is 0 Å². The van der Waals surface area contributed by atoms with Crippen LogP contribution in [0.15, 0.2) is 78.9 Å². The smallest absolute Gasteiger partial charge is 0.243 e. The van der Waals surface area contributed by atoms with Gasteiger partial charge in [0.1, 0.15) is 6.04 Å². The van der Waals surface area contributed by atoms with Crippen LogP contribution >= 0.6 is 23.2 Å². The molecular formula is C29H30Cl2N2O2. The van der Waals surface area contributed by atoms with E-state index in [4.69, 9.17) is 23.2 Å². The maximum absolute atomic E-state index is 13.8. The monoisotopic (exact) mass is 508 g/mol. The Bertz CT molecular complexity index is 1130. The van der Waals surface area contributed by atoms with Crippen molar-refractivity contribution in [2.75, 3.05) is 0 Å². The zero-order valence-electron chi connectivity index (χ0n) is 19.6. The summed E-state index contributed by atoms with van der Waals surface area (Å²) >= 11 is 12.5. The third-order valence-corrected chi connectivity index (χ3v) is 7.16. The van der Waals surface area contributed by atoms with Gasteiger partial charge in [-0.2, -0.15) is 0 Å². The third kappa shape index (κ3) is 7.09. The molecule has 2 amide bonds. The van der Waals surface area contributed by atoms with E-state index in [9.17, 15) is 9.59 Å². The molecule has 0 aliphatic heterocycles. The van der Waals surface area contributed by atoms with E-state index in [1.165, 1.54) is 0 Å². The highest BCUT2D eigenvalue weighted by Gasteiger charge is 2.32. The van der Waals surface area contributed by atoms with Crippen molar-refractivity contribution in [2.45, 2.75) is 57.2 Å². The molecule has 0 unspecified atom stereocenters. The predicted molar refractivity (Wildman–Crippen MR) is 141 cm³/mol. The average molecular weight is 509 g/mol. The summed E-state index contributed by atoms with van der Waals surface area (Å²) in [7, 11) is 0. The molecule has 0 saturated heterocycles. The number of carbonyl (C=O) groups excluding carboxylic acids is 2. The first kappa shape index (κ1) is 25.3. The molecule has 0 aromatic heterocycles. The molecular weight excluding hydrogens is 479 g/mol. The van der Waals surface area contributed by atoms with Gasteiger partial charge in [-0.25, -0.2) is 0 Å².